The number of amides is 1. The zero-order valence-corrected chi connectivity index (χ0v) is 14.0. The molecule has 6 nitrogen and oxygen atoms in total. The van der Waals surface area contributed by atoms with Crippen LogP contribution in [0.1, 0.15) is 15.4 Å². The maximum atomic E-state index is 12.2. The number of thiophene rings is 1. The average Bonchev–Trinajstić information content (AvgIpc) is 3.13. The highest BCUT2D eigenvalue weighted by Gasteiger charge is 2.11. The Kier molecular flexibility index (Phi) is 5.12. The third kappa shape index (κ3) is 3.94. The molecule has 0 aromatic carbocycles. The van der Waals surface area contributed by atoms with Crippen LogP contribution < -0.4 is 10.6 Å². The van der Waals surface area contributed by atoms with Crippen LogP contribution in [0.2, 0.25) is 0 Å². The summed E-state index contributed by atoms with van der Waals surface area (Å²) in [6, 6.07) is 11.3. The zero-order chi connectivity index (χ0) is 16.8. The fourth-order valence-electron chi connectivity index (χ4n) is 2.15. The van der Waals surface area contributed by atoms with Crippen molar-refractivity contribution >= 4 is 23.2 Å². The summed E-state index contributed by atoms with van der Waals surface area (Å²) in [5, 5.41) is 5.83. The van der Waals surface area contributed by atoms with Crippen molar-refractivity contribution in [2.24, 2.45) is 0 Å². The van der Waals surface area contributed by atoms with Crippen molar-refractivity contribution in [2.75, 3.05) is 18.9 Å². The molecule has 0 saturated heterocycles. The summed E-state index contributed by atoms with van der Waals surface area (Å²) in [7, 11) is 1.77. The second kappa shape index (κ2) is 7.65. The van der Waals surface area contributed by atoms with E-state index in [2.05, 4.69) is 25.6 Å². The van der Waals surface area contributed by atoms with Gasteiger partial charge >= 0.3 is 0 Å². The predicted molar refractivity (Wildman–Crippen MR) is 95.2 cm³/mol. The lowest BCUT2D eigenvalue weighted by molar-refractivity contribution is 0.0958. The van der Waals surface area contributed by atoms with E-state index < -0.39 is 0 Å². The van der Waals surface area contributed by atoms with Crippen molar-refractivity contribution < 1.29 is 4.79 Å². The van der Waals surface area contributed by atoms with Gasteiger partial charge in [-0.15, -0.1) is 11.3 Å². The molecule has 24 heavy (non-hydrogen) atoms. The van der Waals surface area contributed by atoms with Gasteiger partial charge in [-0.05, 0) is 30.3 Å². The van der Waals surface area contributed by atoms with Crippen LogP contribution >= 0.6 is 11.3 Å². The van der Waals surface area contributed by atoms with E-state index in [0.29, 0.717) is 23.8 Å². The van der Waals surface area contributed by atoms with Crippen LogP contribution in [0.15, 0.2) is 48.8 Å². The number of carbonyl (C=O) groups is 1. The van der Waals surface area contributed by atoms with Crippen LogP contribution in [0.3, 0.4) is 0 Å². The quantitative estimate of drug-likeness (QED) is 0.722. The molecule has 0 aliphatic heterocycles. The zero-order valence-electron chi connectivity index (χ0n) is 13.2. The summed E-state index contributed by atoms with van der Waals surface area (Å²) in [6.07, 6.45) is 4.16. The smallest absolute Gasteiger partial charge is 0.261 e. The molecule has 0 unspecified atom stereocenters. The Labute approximate surface area is 144 Å². The largest absolute Gasteiger partial charge is 0.357 e. The summed E-state index contributed by atoms with van der Waals surface area (Å²) in [6.45, 7) is 0.556. The van der Waals surface area contributed by atoms with E-state index in [-0.39, 0.29) is 5.91 Å². The molecular formula is C17H17N5OS. The van der Waals surface area contributed by atoms with Gasteiger partial charge in [0, 0.05) is 38.1 Å². The third-order valence-corrected chi connectivity index (χ3v) is 4.46. The lowest BCUT2D eigenvalue weighted by atomic mass is 10.2. The van der Waals surface area contributed by atoms with Crippen LogP contribution in [0.25, 0.3) is 10.6 Å². The third-order valence-electron chi connectivity index (χ3n) is 3.35. The molecular weight excluding hydrogens is 322 g/mol. The highest BCUT2D eigenvalue weighted by Crippen LogP contribution is 2.26. The highest BCUT2D eigenvalue weighted by atomic mass is 32.1. The first-order chi connectivity index (χ1) is 11.8. The minimum atomic E-state index is -0.0786. The van der Waals surface area contributed by atoms with Gasteiger partial charge < -0.3 is 10.6 Å². The van der Waals surface area contributed by atoms with Crippen LogP contribution in [0.5, 0.6) is 0 Å². The van der Waals surface area contributed by atoms with E-state index in [9.17, 15) is 4.79 Å². The standard InChI is InChI=1S/C17H17N5OS/c1-18-17-21-11-8-13(22-17)14-5-6-15(24-14)16(23)20-10-7-12-4-2-3-9-19-12/h2-6,8-9,11H,7,10H2,1H3,(H,20,23)(H,18,21,22). The van der Waals surface area contributed by atoms with Gasteiger partial charge in [0.2, 0.25) is 5.95 Å². The van der Waals surface area contributed by atoms with Gasteiger partial charge in [-0.2, -0.15) is 0 Å². The Balaban J connectivity index is 1.61. The number of rotatable bonds is 6. The van der Waals surface area contributed by atoms with Crippen LogP contribution in [-0.2, 0) is 6.42 Å². The molecule has 0 spiro atoms. The van der Waals surface area contributed by atoms with Gasteiger partial charge in [0.1, 0.15) is 0 Å². The molecule has 0 atom stereocenters. The van der Waals surface area contributed by atoms with E-state index in [4.69, 9.17) is 0 Å². The molecule has 3 aromatic heterocycles. The van der Waals surface area contributed by atoms with Gasteiger partial charge in [0.15, 0.2) is 0 Å². The molecule has 7 heteroatoms. The molecule has 3 heterocycles. The summed E-state index contributed by atoms with van der Waals surface area (Å²) in [5.41, 5.74) is 1.76. The van der Waals surface area contributed by atoms with Gasteiger partial charge in [0.25, 0.3) is 5.91 Å². The lowest BCUT2D eigenvalue weighted by Gasteiger charge is -2.03. The second-order valence-corrected chi connectivity index (χ2v) is 6.09. The van der Waals surface area contributed by atoms with E-state index in [1.165, 1.54) is 11.3 Å². The van der Waals surface area contributed by atoms with E-state index in [1.54, 1.807) is 19.4 Å². The Bertz CT molecular complexity index is 819. The number of hydrogen-bond donors (Lipinski definition) is 2. The normalized spacial score (nSPS) is 10.4. The summed E-state index contributed by atoms with van der Waals surface area (Å²) in [5.74, 6) is 0.479. The lowest BCUT2D eigenvalue weighted by Crippen LogP contribution is -2.25. The van der Waals surface area contributed by atoms with Crippen molar-refractivity contribution in [3.8, 4) is 10.6 Å². The first-order valence-corrected chi connectivity index (χ1v) is 8.37. The molecule has 0 radical (unpaired) electrons. The molecule has 0 fully saturated rings. The first kappa shape index (κ1) is 16.1. The Hall–Kier alpha value is -2.80. The van der Waals surface area contributed by atoms with E-state index in [1.807, 2.05) is 36.4 Å². The van der Waals surface area contributed by atoms with Crippen molar-refractivity contribution in [2.45, 2.75) is 6.42 Å². The van der Waals surface area contributed by atoms with Gasteiger partial charge in [-0.1, -0.05) is 6.07 Å². The van der Waals surface area contributed by atoms with Gasteiger partial charge in [-0.3, -0.25) is 9.78 Å². The summed E-state index contributed by atoms with van der Waals surface area (Å²) in [4.78, 5) is 26.5. The van der Waals surface area contributed by atoms with Crippen molar-refractivity contribution in [3.63, 3.8) is 0 Å². The van der Waals surface area contributed by atoms with Crippen LogP contribution in [-0.4, -0.2) is 34.5 Å². The molecule has 3 rings (SSSR count). The minimum absolute atomic E-state index is 0.0786. The van der Waals surface area contributed by atoms with Crippen molar-refractivity contribution in [1.82, 2.24) is 20.3 Å². The monoisotopic (exact) mass is 339 g/mol. The molecule has 0 bridgehead atoms. The summed E-state index contributed by atoms with van der Waals surface area (Å²) < 4.78 is 0. The maximum Gasteiger partial charge on any atom is 0.261 e. The molecule has 3 aromatic rings. The molecule has 1 amide bonds. The first-order valence-electron chi connectivity index (χ1n) is 7.55. The van der Waals surface area contributed by atoms with Crippen LogP contribution in [0.4, 0.5) is 5.95 Å². The topological polar surface area (TPSA) is 79.8 Å². The average molecular weight is 339 g/mol. The minimum Gasteiger partial charge on any atom is -0.357 e. The fourth-order valence-corrected chi connectivity index (χ4v) is 3.04. The number of pyridine rings is 1. The molecule has 0 saturated carbocycles. The Morgan fingerprint density at radius 2 is 2.04 bits per heavy atom. The van der Waals surface area contributed by atoms with Gasteiger partial charge in [-0.25, -0.2) is 9.97 Å². The molecule has 0 aliphatic rings. The fraction of sp³-hybridized carbons (Fsp3) is 0.176. The number of nitrogens with one attached hydrogen (secondary N) is 2. The Morgan fingerprint density at radius 3 is 2.83 bits per heavy atom. The van der Waals surface area contributed by atoms with Crippen LogP contribution in [0, 0.1) is 0 Å². The molecule has 0 aliphatic carbocycles. The number of aromatic nitrogens is 3. The summed E-state index contributed by atoms with van der Waals surface area (Å²) >= 11 is 1.41. The van der Waals surface area contributed by atoms with Gasteiger partial charge in [0.05, 0.1) is 15.4 Å². The van der Waals surface area contributed by atoms with Crippen molar-refractivity contribution in [1.29, 1.82) is 0 Å². The number of anilines is 1. The molecule has 122 valence electrons. The predicted octanol–water partition coefficient (Wildman–Crippen LogP) is 2.61. The maximum absolute atomic E-state index is 12.2. The second-order valence-electron chi connectivity index (χ2n) is 5.01. The van der Waals surface area contributed by atoms with Crippen molar-refractivity contribution in [3.05, 3.63) is 59.4 Å². The Morgan fingerprint density at radius 1 is 1.12 bits per heavy atom. The molecule has 2 N–H and O–H groups in total. The number of carbonyl (C=O) groups excluding carboxylic acids is 1. The van der Waals surface area contributed by atoms with E-state index >= 15 is 0 Å². The number of hydrogen-bond acceptors (Lipinski definition) is 6. The highest BCUT2D eigenvalue weighted by molar-refractivity contribution is 7.17. The van der Waals surface area contributed by atoms with E-state index in [0.717, 1.165) is 16.3 Å². The number of nitrogens with zero attached hydrogens (tertiary/aromatic N) is 3. The SMILES string of the molecule is CNc1nccc(-c2ccc(C(=O)NCCc3ccccn3)s2)n1.